The van der Waals surface area contributed by atoms with Gasteiger partial charge in [-0.3, -0.25) is 4.68 Å². The van der Waals surface area contributed by atoms with Crippen molar-refractivity contribution in [2.45, 2.75) is 24.4 Å². The van der Waals surface area contributed by atoms with E-state index in [4.69, 9.17) is 13.9 Å². The van der Waals surface area contributed by atoms with Crippen molar-refractivity contribution < 1.29 is 22.3 Å². The fourth-order valence-corrected chi connectivity index (χ4v) is 4.92. The second-order valence-electron chi connectivity index (χ2n) is 6.63. The lowest BCUT2D eigenvalue weighted by Crippen LogP contribution is -2.36. The van der Waals surface area contributed by atoms with E-state index in [1.54, 1.807) is 25.3 Å². The molecule has 0 atom stereocenters. The van der Waals surface area contributed by atoms with Crippen LogP contribution in [-0.4, -0.2) is 54.9 Å². The summed E-state index contributed by atoms with van der Waals surface area (Å²) in [6.45, 7) is 1.67. The first-order valence-electron chi connectivity index (χ1n) is 9.15. The fraction of sp³-hybridized carbons (Fsp3) is 0.368. The molecular formula is C19H22N4O5S. The number of hydrogen-bond acceptors (Lipinski definition) is 7. The third-order valence-electron chi connectivity index (χ3n) is 4.96. The van der Waals surface area contributed by atoms with Crippen molar-refractivity contribution >= 4 is 10.0 Å². The molecule has 154 valence electrons. The first-order valence-corrected chi connectivity index (χ1v) is 10.6. The van der Waals surface area contributed by atoms with E-state index in [0.717, 1.165) is 11.3 Å². The second-order valence-corrected chi connectivity index (χ2v) is 8.57. The minimum Gasteiger partial charge on any atom is -0.497 e. The average Bonchev–Trinajstić information content (AvgIpc) is 3.39. The van der Waals surface area contributed by atoms with Gasteiger partial charge in [-0.1, -0.05) is 6.07 Å². The zero-order chi connectivity index (χ0) is 20.4. The number of nitrogens with zero attached hydrogens (tertiary/aromatic N) is 4. The normalized spacial score (nSPS) is 14.7. The lowest BCUT2D eigenvalue weighted by molar-refractivity contribution is 0.182. The molecule has 1 aliphatic heterocycles. The van der Waals surface area contributed by atoms with Crippen LogP contribution in [0.2, 0.25) is 0 Å². The van der Waals surface area contributed by atoms with E-state index >= 15 is 0 Å². The number of rotatable bonds is 7. The summed E-state index contributed by atoms with van der Waals surface area (Å²) in [5, 5.41) is 4.66. The van der Waals surface area contributed by atoms with Gasteiger partial charge in [0.1, 0.15) is 23.4 Å². The van der Waals surface area contributed by atoms with Crippen LogP contribution in [0.4, 0.5) is 0 Å². The van der Waals surface area contributed by atoms with Gasteiger partial charge in [0.2, 0.25) is 10.0 Å². The average molecular weight is 418 g/mol. The summed E-state index contributed by atoms with van der Waals surface area (Å²) in [4.78, 5) is 4.40. The molecule has 0 fully saturated rings. The van der Waals surface area contributed by atoms with Crippen molar-refractivity contribution in [3.63, 3.8) is 0 Å². The highest BCUT2D eigenvalue weighted by Crippen LogP contribution is 2.32. The van der Waals surface area contributed by atoms with E-state index in [2.05, 4.69) is 10.1 Å². The lowest BCUT2D eigenvalue weighted by atomic mass is 10.1. The van der Waals surface area contributed by atoms with Gasteiger partial charge in [-0.15, -0.1) is 0 Å². The Bertz CT molecular complexity index is 1090. The quantitative estimate of drug-likeness (QED) is 0.578. The molecule has 0 saturated heterocycles. The number of aromatic nitrogens is 3. The molecular weight excluding hydrogens is 396 g/mol. The van der Waals surface area contributed by atoms with Crippen molar-refractivity contribution in [2.24, 2.45) is 0 Å². The molecule has 0 amide bonds. The van der Waals surface area contributed by atoms with Crippen LogP contribution in [0, 0.1) is 0 Å². The van der Waals surface area contributed by atoms with E-state index < -0.39 is 10.0 Å². The third-order valence-corrected chi connectivity index (χ3v) is 6.80. The van der Waals surface area contributed by atoms with Gasteiger partial charge in [0.05, 0.1) is 25.2 Å². The third kappa shape index (κ3) is 3.66. The molecule has 9 nitrogen and oxygen atoms in total. The number of sulfonamides is 1. The molecule has 0 unspecified atom stereocenters. The predicted molar refractivity (Wildman–Crippen MR) is 104 cm³/mol. The van der Waals surface area contributed by atoms with E-state index in [1.165, 1.54) is 30.1 Å². The highest BCUT2D eigenvalue weighted by atomic mass is 32.2. The lowest BCUT2D eigenvalue weighted by Gasteiger charge is -2.27. The van der Waals surface area contributed by atoms with Crippen LogP contribution in [0.1, 0.15) is 11.3 Å². The Labute approximate surface area is 168 Å². The van der Waals surface area contributed by atoms with Gasteiger partial charge in [0, 0.05) is 43.9 Å². The number of benzene rings is 1. The van der Waals surface area contributed by atoms with E-state index in [9.17, 15) is 8.42 Å². The largest absolute Gasteiger partial charge is 0.497 e. The number of hydrogen-bond donors (Lipinski definition) is 0. The van der Waals surface area contributed by atoms with Crippen molar-refractivity contribution in [1.82, 2.24) is 19.1 Å². The summed E-state index contributed by atoms with van der Waals surface area (Å²) in [7, 11) is -0.536. The van der Waals surface area contributed by atoms with Crippen LogP contribution in [0.3, 0.4) is 0 Å². The van der Waals surface area contributed by atoms with Crippen LogP contribution in [0.5, 0.6) is 5.75 Å². The molecule has 3 heterocycles. The molecule has 0 aliphatic carbocycles. The molecule has 3 aromatic rings. The van der Waals surface area contributed by atoms with Crippen molar-refractivity contribution in [1.29, 1.82) is 0 Å². The van der Waals surface area contributed by atoms with Crippen LogP contribution in [0.15, 0.2) is 46.2 Å². The van der Waals surface area contributed by atoms with Gasteiger partial charge >= 0.3 is 0 Å². The summed E-state index contributed by atoms with van der Waals surface area (Å²) in [6.07, 6.45) is 3.40. The zero-order valence-electron chi connectivity index (χ0n) is 16.2. The van der Waals surface area contributed by atoms with E-state index in [1.807, 2.05) is 4.68 Å². The smallest absolute Gasteiger partial charge is 0.243 e. The van der Waals surface area contributed by atoms with Gasteiger partial charge in [-0.05, 0) is 12.1 Å². The van der Waals surface area contributed by atoms with E-state index in [0.29, 0.717) is 43.3 Å². The van der Waals surface area contributed by atoms with E-state index in [-0.39, 0.29) is 11.4 Å². The SMILES string of the molecule is COCCn1nc(-c2cocn2)c2c1CCN(S(=O)(=O)c1cccc(OC)c1)C2. The molecule has 4 rings (SSSR count). The molecule has 0 bridgehead atoms. The number of fused-ring (bicyclic) bond motifs is 1. The van der Waals surface area contributed by atoms with Crippen LogP contribution in [-0.2, 0) is 34.3 Å². The Kier molecular flexibility index (Phi) is 5.39. The molecule has 1 aromatic carbocycles. The summed E-state index contributed by atoms with van der Waals surface area (Å²) >= 11 is 0. The molecule has 10 heteroatoms. The first-order chi connectivity index (χ1) is 14.0. The highest BCUT2D eigenvalue weighted by molar-refractivity contribution is 7.89. The summed E-state index contributed by atoms with van der Waals surface area (Å²) in [5.74, 6) is 0.499. The minimum atomic E-state index is -3.68. The Morgan fingerprint density at radius 3 is 2.86 bits per heavy atom. The maximum Gasteiger partial charge on any atom is 0.243 e. The van der Waals surface area contributed by atoms with Crippen LogP contribution < -0.4 is 4.74 Å². The summed E-state index contributed by atoms with van der Waals surface area (Å²) in [5.41, 5.74) is 3.05. The second kappa shape index (κ2) is 7.97. The molecule has 1 aliphatic rings. The summed E-state index contributed by atoms with van der Waals surface area (Å²) in [6, 6.07) is 6.50. The Morgan fingerprint density at radius 2 is 2.14 bits per heavy atom. The number of methoxy groups -OCH3 is 2. The van der Waals surface area contributed by atoms with Gasteiger partial charge in [-0.25, -0.2) is 13.4 Å². The molecule has 0 radical (unpaired) electrons. The molecule has 2 aromatic heterocycles. The first kappa shape index (κ1) is 19.6. The van der Waals surface area contributed by atoms with Gasteiger partial charge in [0.25, 0.3) is 0 Å². The van der Waals surface area contributed by atoms with Gasteiger partial charge in [0.15, 0.2) is 6.39 Å². The standard InChI is InChI=1S/C19H22N4O5S/c1-26-9-8-23-18-6-7-22(11-16(18)19(21-23)17-12-28-13-20-17)29(24,25)15-5-3-4-14(10-15)27-2/h3-5,10,12-13H,6-9,11H2,1-2H3. The minimum absolute atomic E-state index is 0.204. The monoisotopic (exact) mass is 418 g/mol. The van der Waals surface area contributed by atoms with Gasteiger partial charge < -0.3 is 13.9 Å². The molecule has 0 saturated carbocycles. The van der Waals surface area contributed by atoms with Crippen molar-refractivity contribution in [3.8, 4) is 17.1 Å². The van der Waals surface area contributed by atoms with Crippen LogP contribution >= 0.6 is 0 Å². The number of ether oxygens (including phenoxy) is 2. The topological polar surface area (TPSA) is 99.7 Å². The maximum absolute atomic E-state index is 13.2. The molecule has 0 N–H and O–H groups in total. The summed E-state index contributed by atoms with van der Waals surface area (Å²) < 4.78 is 45.3. The Hall–Kier alpha value is -2.69. The van der Waals surface area contributed by atoms with Crippen molar-refractivity contribution in [2.75, 3.05) is 27.4 Å². The van der Waals surface area contributed by atoms with Crippen molar-refractivity contribution in [3.05, 3.63) is 48.2 Å². The molecule has 0 spiro atoms. The molecule has 29 heavy (non-hydrogen) atoms. The highest BCUT2D eigenvalue weighted by Gasteiger charge is 2.33. The Balaban J connectivity index is 1.71. The zero-order valence-corrected chi connectivity index (χ0v) is 17.1. The maximum atomic E-state index is 13.2. The predicted octanol–water partition coefficient (Wildman–Crippen LogP) is 1.94. The number of oxazole rings is 1. The Morgan fingerprint density at radius 1 is 1.28 bits per heavy atom. The van der Waals surface area contributed by atoms with Gasteiger partial charge in [-0.2, -0.15) is 9.40 Å². The fourth-order valence-electron chi connectivity index (χ4n) is 3.48. The van der Waals surface area contributed by atoms with Crippen LogP contribution in [0.25, 0.3) is 11.4 Å².